The van der Waals surface area contributed by atoms with Crippen molar-refractivity contribution in [2.45, 2.75) is 32.0 Å². The Labute approximate surface area is 178 Å². The van der Waals surface area contributed by atoms with Crippen LogP contribution in [0, 0.1) is 17.8 Å². The van der Waals surface area contributed by atoms with E-state index in [4.69, 9.17) is 0 Å². The minimum absolute atomic E-state index is 0.250. The number of amides is 3. The van der Waals surface area contributed by atoms with Crippen molar-refractivity contribution in [3.05, 3.63) is 71.3 Å². The van der Waals surface area contributed by atoms with Crippen LogP contribution in [0.15, 0.2) is 43.1 Å². The SMILES string of the molecule is C=C1c2ccc(CNC(=O)C#Cc3ccc(F)nc3)cc2CN1C1CCC(=O)NC1=O. The first kappa shape index (κ1) is 20.3. The molecule has 1 aromatic carbocycles. The predicted molar refractivity (Wildman–Crippen MR) is 110 cm³/mol. The first-order chi connectivity index (χ1) is 14.9. The van der Waals surface area contributed by atoms with Gasteiger partial charge < -0.3 is 10.2 Å². The van der Waals surface area contributed by atoms with Gasteiger partial charge in [0.2, 0.25) is 17.8 Å². The number of rotatable bonds is 3. The maximum Gasteiger partial charge on any atom is 0.296 e. The summed E-state index contributed by atoms with van der Waals surface area (Å²) in [6.07, 6.45) is 2.03. The number of imide groups is 1. The third-order valence-electron chi connectivity index (χ3n) is 5.26. The van der Waals surface area contributed by atoms with E-state index in [2.05, 4.69) is 34.0 Å². The monoisotopic (exact) mass is 418 g/mol. The maximum atomic E-state index is 12.8. The number of hydrogen-bond acceptors (Lipinski definition) is 5. The summed E-state index contributed by atoms with van der Waals surface area (Å²) in [6, 6.07) is 7.97. The number of fused-ring (bicyclic) bond motifs is 1. The molecule has 156 valence electrons. The van der Waals surface area contributed by atoms with Gasteiger partial charge in [0.15, 0.2) is 0 Å². The highest BCUT2D eigenvalue weighted by Crippen LogP contribution is 2.35. The number of piperidine rings is 1. The Morgan fingerprint density at radius 2 is 2.16 bits per heavy atom. The Morgan fingerprint density at radius 3 is 2.90 bits per heavy atom. The minimum Gasteiger partial charge on any atom is -0.355 e. The molecule has 3 heterocycles. The zero-order valence-electron chi connectivity index (χ0n) is 16.6. The van der Waals surface area contributed by atoms with Crippen LogP contribution in [0.25, 0.3) is 5.70 Å². The topological polar surface area (TPSA) is 91.4 Å². The fourth-order valence-electron chi connectivity index (χ4n) is 3.69. The van der Waals surface area contributed by atoms with Crippen molar-refractivity contribution in [1.29, 1.82) is 0 Å². The molecule has 2 N–H and O–H groups in total. The molecular weight excluding hydrogens is 399 g/mol. The summed E-state index contributed by atoms with van der Waals surface area (Å²) in [6.45, 7) is 4.91. The molecule has 1 unspecified atom stereocenters. The number of halogens is 1. The van der Waals surface area contributed by atoms with Crippen LogP contribution >= 0.6 is 0 Å². The lowest BCUT2D eigenvalue weighted by Crippen LogP contribution is -2.50. The summed E-state index contributed by atoms with van der Waals surface area (Å²) in [5, 5.41) is 5.11. The molecule has 1 saturated heterocycles. The number of hydrogen-bond donors (Lipinski definition) is 2. The number of nitrogens with one attached hydrogen (secondary N) is 2. The van der Waals surface area contributed by atoms with Gasteiger partial charge in [0, 0.05) is 48.5 Å². The number of aromatic nitrogens is 1. The molecule has 1 atom stereocenters. The normalized spacial score (nSPS) is 17.5. The second-order valence-corrected chi connectivity index (χ2v) is 7.34. The highest BCUT2D eigenvalue weighted by Gasteiger charge is 2.36. The molecule has 31 heavy (non-hydrogen) atoms. The van der Waals surface area contributed by atoms with Crippen LogP contribution in [-0.2, 0) is 27.5 Å². The molecule has 1 aromatic heterocycles. The lowest BCUT2D eigenvalue weighted by atomic mass is 10.0. The Balaban J connectivity index is 1.38. The van der Waals surface area contributed by atoms with Crippen LogP contribution in [0.2, 0.25) is 0 Å². The molecule has 0 bridgehead atoms. The summed E-state index contributed by atoms with van der Waals surface area (Å²) in [7, 11) is 0. The highest BCUT2D eigenvalue weighted by atomic mass is 19.1. The van der Waals surface area contributed by atoms with Crippen LogP contribution < -0.4 is 10.6 Å². The van der Waals surface area contributed by atoms with Crippen LogP contribution in [0.5, 0.6) is 0 Å². The molecule has 4 rings (SSSR count). The lowest BCUT2D eigenvalue weighted by molar-refractivity contribution is -0.136. The van der Waals surface area contributed by atoms with E-state index in [-0.39, 0.29) is 18.4 Å². The second kappa shape index (κ2) is 8.40. The Hall–Kier alpha value is -3.99. The standard InChI is InChI=1S/C23H19FN4O3/c1-14-18-5-2-16(12-26-21(29)8-4-15-3-7-20(24)25-11-15)10-17(18)13-28(14)19-6-9-22(30)27-23(19)31/h2-3,5,7,10-11,19H,1,6,9,12-13H2,(H,26,29)(H,27,30,31). The molecule has 8 heteroatoms. The average molecular weight is 418 g/mol. The van der Waals surface area contributed by atoms with E-state index >= 15 is 0 Å². The summed E-state index contributed by atoms with van der Waals surface area (Å²) >= 11 is 0. The number of pyridine rings is 1. The van der Waals surface area contributed by atoms with Crippen LogP contribution in [0.3, 0.4) is 0 Å². The molecule has 2 aliphatic heterocycles. The van der Waals surface area contributed by atoms with E-state index in [0.717, 1.165) is 22.4 Å². The summed E-state index contributed by atoms with van der Waals surface area (Å²) in [5.74, 6) is 3.47. The van der Waals surface area contributed by atoms with Crippen LogP contribution in [0.4, 0.5) is 4.39 Å². The van der Waals surface area contributed by atoms with E-state index in [1.165, 1.54) is 18.3 Å². The first-order valence-electron chi connectivity index (χ1n) is 9.73. The minimum atomic E-state index is -0.606. The van der Waals surface area contributed by atoms with Gasteiger partial charge in [0.1, 0.15) is 6.04 Å². The fourth-order valence-corrected chi connectivity index (χ4v) is 3.69. The van der Waals surface area contributed by atoms with Crippen molar-refractivity contribution in [3.63, 3.8) is 0 Å². The Bertz CT molecular complexity index is 1150. The van der Waals surface area contributed by atoms with Gasteiger partial charge in [0.05, 0.1) is 0 Å². The van der Waals surface area contributed by atoms with E-state index in [1.54, 1.807) is 0 Å². The Kier molecular flexibility index (Phi) is 5.50. The van der Waals surface area contributed by atoms with E-state index < -0.39 is 17.9 Å². The van der Waals surface area contributed by atoms with Gasteiger partial charge in [-0.15, -0.1) is 0 Å². The third-order valence-corrected chi connectivity index (χ3v) is 5.26. The zero-order valence-corrected chi connectivity index (χ0v) is 16.6. The molecule has 0 saturated carbocycles. The molecule has 1 fully saturated rings. The van der Waals surface area contributed by atoms with E-state index in [9.17, 15) is 18.8 Å². The number of carbonyl (C=O) groups excluding carboxylic acids is 3. The number of nitrogens with zero attached hydrogens (tertiary/aromatic N) is 2. The van der Waals surface area contributed by atoms with Gasteiger partial charge in [-0.1, -0.05) is 30.7 Å². The molecule has 2 aliphatic rings. The van der Waals surface area contributed by atoms with Gasteiger partial charge in [-0.3, -0.25) is 19.7 Å². The van der Waals surface area contributed by atoms with Crippen LogP contribution in [-0.4, -0.2) is 33.6 Å². The fraction of sp³-hybridized carbons (Fsp3) is 0.217. The van der Waals surface area contributed by atoms with Gasteiger partial charge in [-0.25, -0.2) is 4.98 Å². The molecule has 7 nitrogen and oxygen atoms in total. The quantitative estimate of drug-likeness (QED) is 0.448. The molecule has 3 amide bonds. The van der Waals surface area contributed by atoms with Crippen molar-refractivity contribution in [2.24, 2.45) is 0 Å². The second-order valence-electron chi connectivity index (χ2n) is 7.34. The van der Waals surface area contributed by atoms with E-state index in [1.807, 2.05) is 23.1 Å². The summed E-state index contributed by atoms with van der Waals surface area (Å²) in [5.41, 5.74) is 4.03. The van der Waals surface area contributed by atoms with Gasteiger partial charge in [-0.2, -0.15) is 4.39 Å². The van der Waals surface area contributed by atoms with Crippen molar-refractivity contribution in [2.75, 3.05) is 0 Å². The van der Waals surface area contributed by atoms with Gasteiger partial charge >= 0.3 is 0 Å². The summed E-state index contributed by atoms with van der Waals surface area (Å²) < 4.78 is 12.8. The zero-order chi connectivity index (χ0) is 22.0. The number of benzene rings is 1. The summed E-state index contributed by atoms with van der Waals surface area (Å²) in [4.78, 5) is 41.0. The molecular formula is C23H19FN4O3. The maximum absolute atomic E-state index is 12.8. The van der Waals surface area contributed by atoms with Crippen molar-refractivity contribution >= 4 is 23.4 Å². The molecule has 0 radical (unpaired) electrons. The Morgan fingerprint density at radius 1 is 1.32 bits per heavy atom. The van der Waals surface area contributed by atoms with Crippen molar-refractivity contribution in [3.8, 4) is 11.8 Å². The van der Waals surface area contributed by atoms with Crippen LogP contribution in [0.1, 0.15) is 35.1 Å². The first-order valence-corrected chi connectivity index (χ1v) is 9.73. The van der Waals surface area contributed by atoms with E-state index in [0.29, 0.717) is 24.9 Å². The van der Waals surface area contributed by atoms with Gasteiger partial charge in [-0.05, 0) is 29.7 Å². The molecule has 0 spiro atoms. The largest absolute Gasteiger partial charge is 0.355 e. The van der Waals surface area contributed by atoms with Crippen molar-refractivity contribution < 1.29 is 18.8 Å². The van der Waals surface area contributed by atoms with Crippen molar-refractivity contribution in [1.82, 2.24) is 20.5 Å². The lowest BCUT2D eigenvalue weighted by Gasteiger charge is -2.31. The number of carbonyl (C=O) groups is 3. The van der Waals surface area contributed by atoms with Gasteiger partial charge in [0.25, 0.3) is 5.91 Å². The molecule has 0 aliphatic carbocycles. The molecule has 2 aromatic rings. The third kappa shape index (κ3) is 4.46. The predicted octanol–water partition coefficient (Wildman–Crippen LogP) is 1.48. The highest BCUT2D eigenvalue weighted by molar-refractivity contribution is 6.01. The average Bonchev–Trinajstić information content (AvgIpc) is 3.07. The smallest absolute Gasteiger partial charge is 0.296 e.